The molecule has 0 aromatic rings. The lowest BCUT2D eigenvalue weighted by atomic mass is 9.71. The highest BCUT2D eigenvalue weighted by atomic mass is 16.7. The van der Waals surface area contributed by atoms with E-state index in [4.69, 9.17) is 47.4 Å². The molecular weight excluding hydrogens is 839 g/mol. The van der Waals surface area contributed by atoms with Crippen LogP contribution in [-0.2, 0) is 52.2 Å². The Balaban J connectivity index is 1.09. The average molecular weight is 914 g/mol. The summed E-state index contributed by atoms with van der Waals surface area (Å²) >= 11 is 0. The Morgan fingerprint density at radius 3 is 2.34 bits per heavy atom. The van der Waals surface area contributed by atoms with Gasteiger partial charge >= 0.3 is 5.97 Å². The summed E-state index contributed by atoms with van der Waals surface area (Å²) in [7, 11) is 3.23. The van der Waals surface area contributed by atoms with Crippen molar-refractivity contribution >= 4 is 11.7 Å². The number of carbonyl (C=O) groups excluding carboxylic acids is 1. The fraction of sp³-hybridized carbons (Fsp3) is 0.800. The van der Waals surface area contributed by atoms with Gasteiger partial charge in [-0.3, -0.25) is 4.79 Å². The molecule has 0 aromatic carbocycles. The van der Waals surface area contributed by atoms with Crippen LogP contribution in [0.4, 0.5) is 0 Å². The zero-order valence-corrected chi connectivity index (χ0v) is 39.7. The van der Waals surface area contributed by atoms with Gasteiger partial charge < -0.3 is 62.8 Å². The number of nitrogens with zero attached hydrogens (tertiary/aromatic N) is 1. The SMILES string of the molecule is CO[C@H]1C[C@H](O[C@H]2[C@H](C)O[C@@H](O[C@@H]3/C(C)=C/C[C@@H]4C[C@@H](C[C@]5(CC[C@H](C)[C@@H](C6CCCCC6)O5)O4)OC(=O)[C@@H]4C=C(C)/C(=N\O)[C@H]5OC/C(=C\C=C\[C@@H]3C)[C@]54O)C[C@@H]2OC)O[C@@H](C)[C@@H]1O. The normalized spacial score (nSPS) is 48.4. The van der Waals surface area contributed by atoms with Crippen molar-refractivity contribution in [1.82, 2.24) is 0 Å². The van der Waals surface area contributed by atoms with Crippen LogP contribution in [0.25, 0.3) is 0 Å². The predicted octanol–water partition coefficient (Wildman–Crippen LogP) is 6.60. The molecular formula is C50H75NO14. The van der Waals surface area contributed by atoms with Gasteiger partial charge in [-0.05, 0) is 81.9 Å². The first-order valence-corrected chi connectivity index (χ1v) is 24.4. The number of hydrogen-bond acceptors (Lipinski definition) is 15. The molecule has 364 valence electrons. The summed E-state index contributed by atoms with van der Waals surface area (Å²) in [5, 5.41) is 36.8. The second kappa shape index (κ2) is 20.6. The van der Waals surface area contributed by atoms with Crippen molar-refractivity contribution in [2.24, 2.45) is 28.8 Å². The Morgan fingerprint density at radius 2 is 1.60 bits per heavy atom. The Hall–Kier alpha value is -2.54. The summed E-state index contributed by atoms with van der Waals surface area (Å²) < 4.78 is 64.5. The molecule has 3 N–H and O–H groups in total. The number of methoxy groups -OCH3 is 2. The van der Waals surface area contributed by atoms with Crippen molar-refractivity contribution < 1.29 is 67.6 Å². The molecule has 6 fully saturated rings. The minimum Gasteiger partial charge on any atom is -0.462 e. The fourth-order valence-electron chi connectivity index (χ4n) is 12.1. The molecule has 0 amide bonds. The maximum Gasteiger partial charge on any atom is 0.316 e. The molecule has 0 radical (unpaired) electrons. The number of aliphatic hydroxyl groups is 2. The minimum atomic E-state index is -1.86. The van der Waals surface area contributed by atoms with E-state index in [0.717, 1.165) is 24.8 Å². The molecule has 2 bridgehead atoms. The highest BCUT2D eigenvalue weighted by Crippen LogP contribution is 2.48. The number of oxime groups is 1. The summed E-state index contributed by atoms with van der Waals surface area (Å²) in [5.74, 6) is -1.95. The molecule has 8 rings (SSSR count). The van der Waals surface area contributed by atoms with Gasteiger partial charge in [-0.25, -0.2) is 0 Å². The van der Waals surface area contributed by atoms with E-state index in [0.29, 0.717) is 61.5 Å². The highest BCUT2D eigenvalue weighted by molar-refractivity contribution is 6.06. The molecule has 15 nitrogen and oxygen atoms in total. The third kappa shape index (κ3) is 10.1. The lowest BCUT2D eigenvalue weighted by Crippen LogP contribution is -2.57. The smallest absolute Gasteiger partial charge is 0.316 e. The third-order valence-corrected chi connectivity index (χ3v) is 15.8. The molecule has 6 heterocycles. The van der Waals surface area contributed by atoms with E-state index in [1.54, 1.807) is 40.2 Å². The standard InChI is InChI=1S/C50H75NO14/c1-27-13-12-16-34-26-58-47-42(51-55)30(4)21-37(50(34,47)54)48(53)61-36-22-35(64-49(25-36)20-19-29(3)45(65-49)33-14-10-9-11-15-33)18-17-28(2)44(27)62-41-24-39(57-8)46(32(6)60-41)63-40-23-38(56-7)43(52)31(5)59-40/h12-13,16-17,21,27,29,31-33,35-41,43-47,52,54-55H,9-11,14-15,18-20,22-26H2,1-8H3/b13-12+,28-17+,34-16+,51-42+/t27-,29-,31-,32-,35+,36-,37-,38-,39-,40-,41-,43-,44-,45-,46-,47+,49+,50+/m0/s1. The Labute approximate surface area is 384 Å². The maximum atomic E-state index is 14.5. The molecule has 1 spiro atoms. The molecule has 6 aliphatic heterocycles. The molecule has 0 unspecified atom stereocenters. The van der Waals surface area contributed by atoms with Crippen LogP contribution in [0.5, 0.6) is 0 Å². The number of carbonyl (C=O) groups is 1. The van der Waals surface area contributed by atoms with Crippen LogP contribution in [0.2, 0.25) is 0 Å². The zero-order valence-electron chi connectivity index (χ0n) is 39.7. The molecule has 15 heteroatoms. The lowest BCUT2D eigenvalue weighted by Gasteiger charge is -2.51. The van der Waals surface area contributed by atoms with E-state index in [9.17, 15) is 20.2 Å². The number of aliphatic hydroxyl groups excluding tert-OH is 1. The number of ether oxygens (including phenoxy) is 10. The first-order chi connectivity index (χ1) is 31.2. The van der Waals surface area contributed by atoms with Crippen molar-refractivity contribution in [2.75, 3.05) is 20.8 Å². The number of rotatable bonds is 7. The fourth-order valence-corrected chi connectivity index (χ4v) is 12.1. The summed E-state index contributed by atoms with van der Waals surface area (Å²) in [4.78, 5) is 14.5. The molecule has 2 aliphatic carbocycles. The van der Waals surface area contributed by atoms with Gasteiger partial charge in [0.25, 0.3) is 0 Å². The summed E-state index contributed by atoms with van der Waals surface area (Å²) in [5.41, 5.74) is 0.304. The average Bonchev–Trinajstić information content (AvgIpc) is 3.62. The molecule has 8 aliphatic rings. The summed E-state index contributed by atoms with van der Waals surface area (Å²) in [6.45, 7) is 11.9. The van der Waals surface area contributed by atoms with Crippen LogP contribution in [0, 0.1) is 23.7 Å². The Bertz CT molecular complexity index is 1830. The van der Waals surface area contributed by atoms with E-state index in [1.165, 1.54) is 19.3 Å². The van der Waals surface area contributed by atoms with Crippen LogP contribution in [0.15, 0.2) is 52.3 Å². The van der Waals surface area contributed by atoms with Crippen LogP contribution in [-0.4, -0.2) is 139 Å². The zero-order chi connectivity index (χ0) is 46.2. The molecule has 0 aromatic heterocycles. The van der Waals surface area contributed by atoms with E-state index in [-0.39, 0.29) is 36.5 Å². The Morgan fingerprint density at radius 1 is 0.877 bits per heavy atom. The second-order valence-corrected chi connectivity index (χ2v) is 20.3. The van der Waals surface area contributed by atoms with E-state index in [2.05, 4.69) is 32.0 Å². The molecule has 5 saturated heterocycles. The van der Waals surface area contributed by atoms with Crippen LogP contribution < -0.4 is 0 Å². The van der Waals surface area contributed by atoms with Gasteiger partial charge in [-0.15, -0.1) is 0 Å². The number of hydrogen-bond donors (Lipinski definition) is 3. The third-order valence-electron chi connectivity index (χ3n) is 15.8. The van der Waals surface area contributed by atoms with Crippen molar-refractivity contribution in [1.29, 1.82) is 0 Å². The van der Waals surface area contributed by atoms with Crippen molar-refractivity contribution in [2.45, 2.75) is 210 Å². The Kier molecular flexibility index (Phi) is 15.5. The lowest BCUT2D eigenvalue weighted by molar-refractivity contribution is -0.342. The van der Waals surface area contributed by atoms with Crippen molar-refractivity contribution in [3.05, 3.63) is 47.1 Å². The quantitative estimate of drug-likeness (QED) is 0.107. The molecule has 1 saturated carbocycles. The molecule has 18 atom stereocenters. The van der Waals surface area contributed by atoms with Gasteiger partial charge in [0, 0.05) is 52.2 Å². The first kappa shape index (κ1) is 48.9. The van der Waals surface area contributed by atoms with E-state index in [1.807, 2.05) is 19.1 Å². The van der Waals surface area contributed by atoms with E-state index >= 15 is 0 Å². The van der Waals surface area contributed by atoms with Gasteiger partial charge in [0.15, 0.2) is 18.4 Å². The van der Waals surface area contributed by atoms with Gasteiger partial charge in [0.1, 0.15) is 41.6 Å². The number of fused-ring (bicyclic) bond motifs is 2. The summed E-state index contributed by atoms with van der Waals surface area (Å²) in [6.07, 6.45) is 12.7. The minimum absolute atomic E-state index is 0.0205. The van der Waals surface area contributed by atoms with Crippen molar-refractivity contribution in [3.8, 4) is 0 Å². The van der Waals surface area contributed by atoms with Crippen LogP contribution >= 0.6 is 0 Å². The molecule has 65 heavy (non-hydrogen) atoms. The maximum absolute atomic E-state index is 14.5. The first-order valence-electron chi connectivity index (χ1n) is 24.4. The largest absolute Gasteiger partial charge is 0.462 e. The summed E-state index contributed by atoms with van der Waals surface area (Å²) in [6, 6.07) is 0. The monoisotopic (exact) mass is 914 g/mol. The highest BCUT2D eigenvalue weighted by Gasteiger charge is 2.60. The predicted molar refractivity (Wildman–Crippen MR) is 238 cm³/mol. The number of esters is 1. The van der Waals surface area contributed by atoms with Crippen LogP contribution in [0.3, 0.4) is 0 Å². The van der Waals surface area contributed by atoms with Gasteiger partial charge in [0.05, 0.1) is 49.3 Å². The second-order valence-electron chi connectivity index (χ2n) is 20.3. The topological polar surface area (TPSA) is 182 Å². The van der Waals surface area contributed by atoms with Crippen LogP contribution in [0.1, 0.15) is 119 Å². The van der Waals surface area contributed by atoms with Crippen molar-refractivity contribution in [3.63, 3.8) is 0 Å². The van der Waals surface area contributed by atoms with Gasteiger partial charge in [-0.1, -0.05) is 68.6 Å². The number of allylic oxidation sites excluding steroid dienone is 2. The van der Waals surface area contributed by atoms with Gasteiger partial charge in [-0.2, -0.15) is 0 Å². The van der Waals surface area contributed by atoms with E-state index < -0.39 is 84.7 Å². The van der Waals surface area contributed by atoms with Gasteiger partial charge in [0.2, 0.25) is 0 Å².